The molecular weight excluding hydrogens is 446 g/mol. The number of hydrogen-bond donors (Lipinski definition) is 0. The van der Waals surface area contributed by atoms with Crippen LogP contribution < -0.4 is 0 Å². The maximum Gasteiger partial charge on any atom is 0.0248 e. The van der Waals surface area contributed by atoms with Gasteiger partial charge < -0.3 is 4.90 Å². The van der Waals surface area contributed by atoms with Gasteiger partial charge in [-0.15, -0.1) is 6.42 Å². The summed E-state index contributed by atoms with van der Waals surface area (Å²) in [6.07, 6.45) is 11.0. The van der Waals surface area contributed by atoms with E-state index in [1.807, 2.05) is 12.1 Å². The fourth-order valence-corrected chi connectivity index (χ4v) is 4.83. The molecular formula is C36H43N. The van der Waals surface area contributed by atoms with Crippen LogP contribution in [-0.2, 0) is 6.42 Å². The Morgan fingerprint density at radius 2 is 1.59 bits per heavy atom. The highest BCUT2D eigenvalue weighted by molar-refractivity contribution is 5.65. The molecule has 37 heavy (non-hydrogen) atoms. The standard InChI is InChI=1S/C36H43N/c1-9-31-11-10-12-35(25-31)33-18-20-34(21-19-33)36(22-14-26(2)13-16-30(6)37(7)8)29(5)24-32-17-15-27(3)28(4)23-32/h1,10-12,15,17-21,23,25-26,36H,5-6,13-14,16,22,24H2,2-4,7-8H3. The van der Waals surface area contributed by atoms with Gasteiger partial charge in [0, 0.05) is 31.3 Å². The average Bonchev–Trinajstić information content (AvgIpc) is 2.89. The number of rotatable bonds is 12. The highest BCUT2D eigenvalue weighted by Gasteiger charge is 2.18. The van der Waals surface area contributed by atoms with E-state index >= 15 is 0 Å². The molecule has 2 unspecified atom stereocenters. The van der Waals surface area contributed by atoms with Crippen molar-refractivity contribution in [2.45, 2.75) is 58.8 Å². The van der Waals surface area contributed by atoms with Crippen molar-refractivity contribution in [3.63, 3.8) is 0 Å². The first-order valence-electron chi connectivity index (χ1n) is 13.4. The van der Waals surface area contributed by atoms with Gasteiger partial charge in [0.25, 0.3) is 0 Å². The molecule has 0 N–H and O–H groups in total. The summed E-state index contributed by atoms with van der Waals surface area (Å²) in [6, 6.07) is 24.0. The smallest absolute Gasteiger partial charge is 0.0248 e. The number of nitrogens with zero attached hydrogens (tertiary/aromatic N) is 1. The van der Waals surface area contributed by atoms with Crippen LogP contribution in [0.5, 0.6) is 0 Å². The second-order valence-corrected chi connectivity index (χ2v) is 10.8. The summed E-state index contributed by atoms with van der Waals surface area (Å²) in [5.74, 6) is 3.71. The van der Waals surface area contributed by atoms with E-state index < -0.39 is 0 Å². The molecule has 0 aromatic heterocycles. The van der Waals surface area contributed by atoms with E-state index in [1.165, 1.54) is 45.5 Å². The second-order valence-electron chi connectivity index (χ2n) is 10.8. The molecule has 0 fully saturated rings. The summed E-state index contributed by atoms with van der Waals surface area (Å²) in [7, 11) is 4.15. The van der Waals surface area contributed by atoms with Crippen molar-refractivity contribution < 1.29 is 0 Å². The zero-order chi connectivity index (χ0) is 26.9. The topological polar surface area (TPSA) is 3.24 Å². The van der Waals surface area contributed by atoms with Crippen LogP contribution in [0.1, 0.15) is 66.3 Å². The van der Waals surface area contributed by atoms with Crippen molar-refractivity contribution in [3.8, 4) is 23.5 Å². The van der Waals surface area contributed by atoms with E-state index in [0.717, 1.165) is 36.8 Å². The van der Waals surface area contributed by atoms with Crippen LogP contribution in [0.3, 0.4) is 0 Å². The third-order valence-electron chi connectivity index (χ3n) is 7.68. The van der Waals surface area contributed by atoms with Gasteiger partial charge in [0.05, 0.1) is 0 Å². The Morgan fingerprint density at radius 3 is 2.24 bits per heavy atom. The molecule has 1 heteroatoms. The predicted molar refractivity (Wildman–Crippen MR) is 162 cm³/mol. The normalized spacial score (nSPS) is 12.4. The molecule has 3 aromatic rings. The Labute approximate surface area is 225 Å². The fraction of sp³-hybridized carbons (Fsp3) is 0.333. The number of allylic oxidation sites excluding steroid dienone is 2. The molecule has 1 nitrogen and oxygen atoms in total. The monoisotopic (exact) mass is 489 g/mol. The molecule has 0 aliphatic rings. The molecule has 2 atom stereocenters. The zero-order valence-corrected chi connectivity index (χ0v) is 23.5. The van der Waals surface area contributed by atoms with E-state index in [-0.39, 0.29) is 0 Å². The Hall–Kier alpha value is -3.50. The molecule has 0 saturated heterocycles. The first kappa shape index (κ1) is 28.1. The van der Waals surface area contributed by atoms with Gasteiger partial charge in [-0.1, -0.05) is 86.2 Å². The van der Waals surface area contributed by atoms with Gasteiger partial charge in [-0.25, -0.2) is 0 Å². The first-order chi connectivity index (χ1) is 17.7. The highest BCUT2D eigenvalue weighted by Crippen LogP contribution is 2.34. The summed E-state index contributed by atoms with van der Waals surface area (Å²) < 4.78 is 0. The van der Waals surface area contributed by atoms with Crippen LogP contribution in [0.2, 0.25) is 0 Å². The van der Waals surface area contributed by atoms with E-state index in [1.54, 1.807) is 0 Å². The molecule has 0 bridgehead atoms. The van der Waals surface area contributed by atoms with Crippen molar-refractivity contribution in [2.75, 3.05) is 14.1 Å². The zero-order valence-electron chi connectivity index (χ0n) is 23.5. The minimum atomic E-state index is 0.326. The van der Waals surface area contributed by atoms with Crippen LogP contribution in [-0.4, -0.2) is 19.0 Å². The van der Waals surface area contributed by atoms with Crippen molar-refractivity contribution in [1.82, 2.24) is 4.90 Å². The second kappa shape index (κ2) is 13.2. The molecule has 0 heterocycles. The Balaban J connectivity index is 1.79. The molecule has 0 amide bonds. The van der Waals surface area contributed by atoms with E-state index in [2.05, 4.69) is 113 Å². The Kier molecular flexibility index (Phi) is 9.99. The van der Waals surface area contributed by atoms with Gasteiger partial charge >= 0.3 is 0 Å². The maximum absolute atomic E-state index is 5.62. The third-order valence-corrected chi connectivity index (χ3v) is 7.68. The lowest BCUT2D eigenvalue weighted by Gasteiger charge is -2.24. The van der Waals surface area contributed by atoms with Crippen LogP contribution in [0.25, 0.3) is 11.1 Å². The largest absolute Gasteiger partial charge is 0.381 e. The Morgan fingerprint density at radius 1 is 0.865 bits per heavy atom. The summed E-state index contributed by atoms with van der Waals surface area (Å²) in [4.78, 5) is 2.13. The third kappa shape index (κ3) is 7.99. The van der Waals surface area contributed by atoms with Gasteiger partial charge in [-0.2, -0.15) is 0 Å². The lowest BCUT2D eigenvalue weighted by Crippen LogP contribution is -2.11. The number of terminal acetylenes is 1. The lowest BCUT2D eigenvalue weighted by atomic mass is 9.82. The number of benzene rings is 3. The molecule has 0 saturated carbocycles. The molecule has 3 aromatic carbocycles. The molecule has 192 valence electrons. The van der Waals surface area contributed by atoms with Gasteiger partial charge in [-0.05, 0) is 97.4 Å². The SMILES string of the molecule is C#Cc1cccc(-c2ccc(C(CCC(C)CCC(=C)N(C)C)C(=C)Cc3ccc(C)c(C)c3)cc2)c1. The van der Waals surface area contributed by atoms with Crippen molar-refractivity contribution >= 4 is 0 Å². The number of hydrogen-bond acceptors (Lipinski definition) is 1. The first-order valence-corrected chi connectivity index (χ1v) is 13.4. The molecule has 0 radical (unpaired) electrons. The van der Waals surface area contributed by atoms with Crippen molar-refractivity contribution in [1.29, 1.82) is 0 Å². The van der Waals surface area contributed by atoms with E-state index in [9.17, 15) is 0 Å². The minimum absolute atomic E-state index is 0.326. The van der Waals surface area contributed by atoms with Crippen LogP contribution in [0, 0.1) is 32.1 Å². The van der Waals surface area contributed by atoms with E-state index in [4.69, 9.17) is 6.42 Å². The van der Waals surface area contributed by atoms with Gasteiger partial charge in [0.15, 0.2) is 0 Å². The van der Waals surface area contributed by atoms with E-state index in [0.29, 0.717) is 11.8 Å². The molecule has 0 spiro atoms. The highest BCUT2D eigenvalue weighted by atomic mass is 15.1. The Bertz CT molecular complexity index is 1250. The maximum atomic E-state index is 5.62. The molecule has 0 aliphatic carbocycles. The van der Waals surface area contributed by atoms with Gasteiger partial charge in [0.1, 0.15) is 0 Å². The summed E-state index contributed by atoms with van der Waals surface area (Å²) >= 11 is 0. The van der Waals surface area contributed by atoms with Gasteiger partial charge in [-0.3, -0.25) is 0 Å². The van der Waals surface area contributed by atoms with Crippen LogP contribution >= 0.6 is 0 Å². The molecule has 0 aliphatic heterocycles. The van der Waals surface area contributed by atoms with Gasteiger partial charge in [0.2, 0.25) is 0 Å². The van der Waals surface area contributed by atoms with Crippen LogP contribution in [0.4, 0.5) is 0 Å². The van der Waals surface area contributed by atoms with Crippen molar-refractivity contribution in [3.05, 3.63) is 119 Å². The lowest BCUT2D eigenvalue weighted by molar-refractivity contribution is 0.419. The average molecular weight is 490 g/mol. The summed E-state index contributed by atoms with van der Waals surface area (Å²) in [5.41, 5.74) is 11.1. The van der Waals surface area contributed by atoms with Crippen molar-refractivity contribution in [2.24, 2.45) is 5.92 Å². The predicted octanol–water partition coefficient (Wildman–Crippen LogP) is 9.11. The molecule has 3 rings (SSSR count). The van der Waals surface area contributed by atoms with Crippen LogP contribution in [0.15, 0.2) is 91.2 Å². The fourth-order valence-electron chi connectivity index (χ4n) is 4.83. The summed E-state index contributed by atoms with van der Waals surface area (Å²) in [6.45, 7) is 15.5. The minimum Gasteiger partial charge on any atom is -0.381 e. The quantitative estimate of drug-likeness (QED) is 0.181. The number of aryl methyl sites for hydroxylation is 2. The summed E-state index contributed by atoms with van der Waals surface area (Å²) in [5, 5.41) is 0.